The van der Waals surface area contributed by atoms with Crippen molar-refractivity contribution in [3.63, 3.8) is 0 Å². The number of furan rings is 1. The van der Waals surface area contributed by atoms with Gasteiger partial charge in [-0.2, -0.15) is 0 Å². The molecule has 1 N–H and O–H groups in total. The van der Waals surface area contributed by atoms with E-state index in [2.05, 4.69) is 42.3 Å². The number of benzene rings is 1. The third kappa shape index (κ3) is 2.36. The maximum Gasteiger partial charge on any atom is 0.134 e. The lowest BCUT2D eigenvalue weighted by Gasteiger charge is -2.31. The number of para-hydroxylation sites is 1. The third-order valence-corrected chi connectivity index (χ3v) is 4.54. The summed E-state index contributed by atoms with van der Waals surface area (Å²) in [5.74, 6) is 1.08. The molecule has 3 rings (SSSR count). The summed E-state index contributed by atoms with van der Waals surface area (Å²) >= 11 is 0. The molecule has 2 heterocycles. The second-order valence-corrected chi connectivity index (χ2v) is 6.37. The highest BCUT2D eigenvalue weighted by Gasteiger charge is 2.32. The van der Waals surface area contributed by atoms with E-state index in [4.69, 9.17) is 4.42 Å². The molecule has 0 atom stereocenters. The molecular weight excluding hydrogens is 248 g/mol. The number of fused-ring (bicyclic) bond motifs is 1. The average molecular weight is 272 g/mol. The van der Waals surface area contributed by atoms with Gasteiger partial charge in [-0.05, 0) is 46.3 Å². The highest BCUT2D eigenvalue weighted by Crippen LogP contribution is 2.33. The lowest BCUT2D eigenvalue weighted by Crippen LogP contribution is -2.37. The van der Waals surface area contributed by atoms with Crippen LogP contribution in [0.5, 0.6) is 0 Å². The van der Waals surface area contributed by atoms with E-state index in [1.807, 2.05) is 13.1 Å². The van der Waals surface area contributed by atoms with Crippen molar-refractivity contribution in [2.45, 2.75) is 45.3 Å². The van der Waals surface area contributed by atoms with Crippen molar-refractivity contribution in [1.29, 1.82) is 0 Å². The van der Waals surface area contributed by atoms with Crippen molar-refractivity contribution in [1.82, 2.24) is 10.2 Å². The Labute approximate surface area is 120 Å². The van der Waals surface area contributed by atoms with Gasteiger partial charge in [0.2, 0.25) is 0 Å². The van der Waals surface area contributed by atoms with Crippen LogP contribution >= 0.6 is 0 Å². The van der Waals surface area contributed by atoms with Gasteiger partial charge in [-0.1, -0.05) is 18.2 Å². The fourth-order valence-electron chi connectivity index (χ4n) is 3.27. The predicted molar refractivity (Wildman–Crippen MR) is 82.7 cm³/mol. The van der Waals surface area contributed by atoms with Crippen molar-refractivity contribution in [3.8, 4) is 0 Å². The molecule has 108 valence electrons. The molecule has 0 aliphatic carbocycles. The minimum absolute atomic E-state index is 0.301. The van der Waals surface area contributed by atoms with Gasteiger partial charge in [0.15, 0.2) is 0 Å². The van der Waals surface area contributed by atoms with E-state index in [-0.39, 0.29) is 0 Å². The normalized spacial score (nSPS) is 18.9. The fourth-order valence-corrected chi connectivity index (χ4v) is 3.27. The van der Waals surface area contributed by atoms with E-state index < -0.39 is 0 Å². The van der Waals surface area contributed by atoms with Crippen LogP contribution in [0.4, 0.5) is 0 Å². The van der Waals surface area contributed by atoms with Crippen LogP contribution in [0.25, 0.3) is 11.0 Å². The maximum absolute atomic E-state index is 6.03. The third-order valence-electron chi connectivity index (χ3n) is 4.54. The summed E-state index contributed by atoms with van der Waals surface area (Å²) in [6.45, 7) is 7.66. The summed E-state index contributed by atoms with van der Waals surface area (Å²) in [7, 11) is 1.97. The highest BCUT2D eigenvalue weighted by molar-refractivity contribution is 5.82. The Hall–Kier alpha value is -1.32. The summed E-state index contributed by atoms with van der Waals surface area (Å²) in [5, 5.41) is 4.48. The van der Waals surface area contributed by atoms with Crippen LogP contribution in [0.2, 0.25) is 0 Å². The van der Waals surface area contributed by atoms with Crippen LogP contribution in [0, 0.1) is 0 Å². The number of likely N-dealkylation sites (tertiary alicyclic amines) is 1. The Kier molecular flexibility index (Phi) is 3.57. The molecule has 2 aromatic rings. The van der Waals surface area contributed by atoms with Crippen molar-refractivity contribution in [2.75, 3.05) is 13.6 Å². The molecule has 1 saturated heterocycles. The van der Waals surface area contributed by atoms with Gasteiger partial charge in [0.1, 0.15) is 11.3 Å². The van der Waals surface area contributed by atoms with Crippen LogP contribution in [-0.2, 0) is 13.1 Å². The summed E-state index contributed by atoms with van der Waals surface area (Å²) in [4.78, 5) is 2.59. The molecule has 1 aliphatic rings. The smallest absolute Gasteiger partial charge is 0.134 e. The van der Waals surface area contributed by atoms with E-state index in [9.17, 15) is 0 Å². The number of rotatable bonds is 4. The minimum Gasteiger partial charge on any atom is -0.459 e. The Morgan fingerprint density at radius 1 is 1.30 bits per heavy atom. The Morgan fingerprint density at radius 2 is 2.10 bits per heavy atom. The van der Waals surface area contributed by atoms with Gasteiger partial charge < -0.3 is 9.73 Å². The Balaban J connectivity index is 1.98. The largest absolute Gasteiger partial charge is 0.459 e. The monoisotopic (exact) mass is 272 g/mol. The molecule has 3 heteroatoms. The maximum atomic E-state index is 6.03. The second kappa shape index (κ2) is 5.23. The Morgan fingerprint density at radius 3 is 2.80 bits per heavy atom. The summed E-state index contributed by atoms with van der Waals surface area (Å²) < 4.78 is 6.03. The highest BCUT2D eigenvalue weighted by atomic mass is 16.3. The molecule has 1 aromatic heterocycles. The summed E-state index contributed by atoms with van der Waals surface area (Å²) in [6, 6.07) is 8.38. The van der Waals surface area contributed by atoms with Crippen LogP contribution < -0.4 is 5.32 Å². The van der Waals surface area contributed by atoms with Crippen LogP contribution in [0.1, 0.15) is 38.0 Å². The zero-order valence-corrected chi connectivity index (χ0v) is 12.7. The molecule has 0 saturated carbocycles. The van der Waals surface area contributed by atoms with Gasteiger partial charge >= 0.3 is 0 Å². The lowest BCUT2D eigenvalue weighted by molar-refractivity contribution is 0.166. The summed E-state index contributed by atoms with van der Waals surface area (Å²) in [5.41, 5.74) is 2.66. The SMILES string of the molecule is CNCc1oc2ccccc2c1CN1CCCC1(C)C. The molecule has 0 bridgehead atoms. The zero-order chi connectivity index (χ0) is 14.2. The Bertz CT molecular complexity index is 600. The van der Waals surface area contributed by atoms with Gasteiger partial charge in [-0.25, -0.2) is 0 Å². The van der Waals surface area contributed by atoms with Crippen LogP contribution in [-0.4, -0.2) is 24.0 Å². The number of hydrogen-bond donors (Lipinski definition) is 1. The topological polar surface area (TPSA) is 28.4 Å². The van der Waals surface area contributed by atoms with E-state index in [0.717, 1.165) is 24.4 Å². The number of hydrogen-bond acceptors (Lipinski definition) is 3. The summed E-state index contributed by atoms with van der Waals surface area (Å²) in [6.07, 6.45) is 2.58. The molecule has 3 nitrogen and oxygen atoms in total. The first-order valence-electron chi connectivity index (χ1n) is 7.51. The van der Waals surface area contributed by atoms with Gasteiger partial charge in [-0.15, -0.1) is 0 Å². The first-order chi connectivity index (χ1) is 9.62. The molecule has 20 heavy (non-hydrogen) atoms. The van der Waals surface area contributed by atoms with Crippen molar-refractivity contribution in [3.05, 3.63) is 35.6 Å². The number of nitrogens with zero attached hydrogens (tertiary/aromatic N) is 1. The molecule has 1 aromatic carbocycles. The number of nitrogens with one attached hydrogen (secondary N) is 1. The molecule has 0 spiro atoms. The van der Waals surface area contributed by atoms with Crippen molar-refractivity contribution < 1.29 is 4.42 Å². The first kappa shape index (κ1) is 13.7. The lowest BCUT2D eigenvalue weighted by atomic mass is 10.0. The van der Waals surface area contributed by atoms with Crippen molar-refractivity contribution >= 4 is 11.0 Å². The van der Waals surface area contributed by atoms with Gasteiger partial charge in [-0.3, -0.25) is 4.90 Å². The molecule has 0 unspecified atom stereocenters. The van der Waals surface area contributed by atoms with Crippen molar-refractivity contribution in [2.24, 2.45) is 0 Å². The standard InChI is InChI=1S/C17H24N2O/c1-17(2)9-6-10-19(17)12-14-13-7-4-5-8-15(13)20-16(14)11-18-3/h4-5,7-8,18H,6,9-12H2,1-3H3. The second-order valence-electron chi connectivity index (χ2n) is 6.37. The quantitative estimate of drug-likeness (QED) is 0.923. The molecule has 1 aliphatic heterocycles. The van der Waals surface area contributed by atoms with E-state index >= 15 is 0 Å². The fraction of sp³-hybridized carbons (Fsp3) is 0.529. The molecule has 1 fully saturated rings. The van der Waals surface area contributed by atoms with Gasteiger partial charge in [0.25, 0.3) is 0 Å². The van der Waals surface area contributed by atoms with Crippen LogP contribution in [0.3, 0.4) is 0 Å². The van der Waals surface area contributed by atoms with E-state index in [1.165, 1.54) is 30.3 Å². The van der Waals surface area contributed by atoms with E-state index in [0.29, 0.717) is 5.54 Å². The minimum atomic E-state index is 0.301. The predicted octanol–water partition coefficient (Wildman–Crippen LogP) is 3.53. The first-order valence-corrected chi connectivity index (χ1v) is 7.51. The van der Waals surface area contributed by atoms with Gasteiger partial charge in [0.05, 0.1) is 6.54 Å². The molecular formula is C17H24N2O. The molecule has 0 radical (unpaired) electrons. The zero-order valence-electron chi connectivity index (χ0n) is 12.7. The van der Waals surface area contributed by atoms with Crippen LogP contribution in [0.15, 0.2) is 28.7 Å². The van der Waals surface area contributed by atoms with E-state index in [1.54, 1.807) is 0 Å². The molecule has 0 amide bonds. The average Bonchev–Trinajstić information content (AvgIpc) is 2.92. The van der Waals surface area contributed by atoms with Gasteiger partial charge in [0, 0.05) is 23.0 Å².